The Balaban J connectivity index is 3.24. The van der Waals surface area contributed by atoms with Gasteiger partial charge < -0.3 is 9.94 Å². The van der Waals surface area contributed by atoms with Crippen molar-refractivity contribution in [1.29, 1.82) is 0 Å². The molecule has 1 aromatic rings. The van der Waals surface area contributed by atoms with Crippen LogP contribution in [0.4, 0.5) is 5.69 Å². The zero-order chi connectivity index (χ0) is 12.3. The number of carbonyl (C=O) groups is 1. The van der Waals surface area contributed by atoms with Crippen LogP contribution in [-0.2, 0) is 4.74 Å². The molecule has 0 radical (unpaired) electrons. The Morgan fingerprint density at radius 2 is 2.25 bits per heavy atom. The van der Waals surface area contributed by atoms with E-state index in [1.165, 1.54) is 6.92 Å². The Kier molecular flexibility index (Phi) is 3.39. The predicted molar refractivity (Wildman–Crippen MR) is 52.7 cm³/mol. The van der Waals surface area contributed by atoms with Gasteiger partial charge in [-0.1, -0.05) is 0 Å². The number of rotatable bonds is 3. The van der Waals surface area contributed by atoms with Crippen LogP contribution in [0.5, 0.6) is 0 Å². The molecule has 0 spiro atoms. The second-order valence-corrected chi connectivity index (χ2v) is 3.00. The molecule has 1 aromatic heterocycles. The highest BCUT2D eigenvalue weighted by atomic mass is 16.6. The monoisotopic (exact) mass is 226 g/mol. The Hall–Kier alpha value is -2.18. The van der Waals surface area contributed by atoms with Crippen molar-refractivity contribution in [3.8, 4) is 0 Å². The van der Waals surface area contributed by atoms with Gasteiger partial charge in [0.25, 0.3) is 5.69 Å². The summed E-state index contributed by atoms with van der Waals surface area (Å²) in [6, 6.07) is 1.03. The van der Waals surface area contributed by atoms with Crippen LogP contribution < -0.4 is 4.73 Å². The Morgan fingerprint density at radius 1 is 1.62 bits per heavy atom. The van der Waals surface area contributed by atoms with Gasteiger partial charge in [0, 0.05) is 13.0 Å². The van der Waals surface area contributed by atoms with Crippen LogP contribution in [-0.4, -0.2) is 17.5 Å². The van der Waals surface area contributed by atoms with E-state index in [0.29, 0.717) is 0 Å². The third kappa shape index (κ3) is 2.25. The van der Waals surface area contributed by atoms with Gasteiger partial charge in [-0.25, -0.2) is 4.79 Å². The van der Waals surface area contributed by atoms with Gasteiger partial charge in [0.1, 0.15) is 5.56 Å². The molecule has 0 bridgehead atoms. The summed E-state index contributed by atoms with van der Waals surface area (Å²) in [5.74, 6) is -0.754. The average Bonchev–Trinajstić information content (AvgIpc) is 2.21. The minimum absolute atomic E-state index is 0.0713. The fourth-order valence-corrected chi connectivity index (χ4v) is 1.14. The van der Waals surface area contributed by atoms with Crippen LogP contribution in [0.25, 0.3) is 0 Å². The molecule has 16 heavy (non-hydrogen) atoms. The lowest BCUT2D eigenvalue weighted by atomic mass is 10.2. The van der Waals surface area contributed by atoms with Crippen molar-refractivity contribution >= 4 is 11.7 Å². The summed E-state index contributed by atoms with van der Waals surface area (Å²) >= 11 is 0. The number of aromatic nitrogens is 1. The van der Waals surface area contributed by atoms with Crippen molar-refractivity contribution in [3.05, 3.63) is 38.8 Å². The first-order valence-corrected chi connectivity index (χ1v) is 4.52. The van der Waals surface area contributed by atoms with E-state index in [2.05, 4.69) is 4.74 Å². The van der Waals surface area contributed by atoms with E-state index in [0.717, 1.165) is 12.3 Å². The fraction of sp³-hybridized carbons (Fsp3) is 0.333. The zero-order valence-corrected chi connectivity index (χ0v) is 8.80. The first-order chi connectivity index (χ1) is 7.47. The molecular formula is C9H10N2O5. The first kappa shape index (κ1) is 11.9. The lowest BCUT2D eigenvalue weighted by molar-refractivity contribution is -0.616. The van der Waals surface area contributed by atoms with Crippen LogP contribution in [0.15, 0.2) is 12.3 Å². The maximum absolute atomic E-state index is 11.3. The summed E-state index contributed by atoms with van der Waals surface area (Å²) < 4.78 is 4.93. The third-order valence-electron chi connectivity index (χ3n) is 1.96. The zero-order valence-electron chi connectivity index (χ0n) is 8.80. The predicted octanol–water partition coefficient (Wildman–Crippen LogP) is 0.713. The summed E-state index contributed by atoms with van der Waals surface area (Å²) in [5.41, 5.74) is -0.604. The van der Waals surface area contributed by atoms with Crippen LogP contribution >= 0.6 is 0 Å². The molecule has 1 rings (SSSR count). The molecular weight excluding hydrogens is 216 g/mol. The van der Waals surface area contributed by atoms with E-state index in [-0.39, 0.29) is 22.6 Å². The quantitative estimate of drug-likeness (QED) is 0.248. The van der Waals surface area contributed by atoms with E-state index >= 15 is 0 Å². The fourth-order valence-electron chi connectivity index (χ4n) is 1.14. The number of ether oxygens (including phenoxy) is 1. The summed E-state index contributed by atoms with van der Waals surface area (Å²) in [6.45, 7) is 3.05. The Bertz CT molecular complexity index is 444. The van der Waals surface area contributed by atoms with Gasteiger partial charge in [0.2, 0.25) is 0 Å². The molecule has 0 unspecified atom stereocenters. The van der Waals surface area contributed by atoms with Crippen molar-refractivity contribution in [3.63, 3.8) is 0 Å². The van der Waals surface area contributed by atoms with E-state index < -0.39 is 16.6 Å². The minimum Gasteiger partial charge on any atom is -0.618 e. The molecule has 7 heteroatoms. The molecule has 0 N–H and O–H groups in total. The normalized spacial score (nSPS) is 9.88. The van der Waals surface area contributed by atoms with Crippen molar-refractivity contribution in [1.82, 2.24) is 0 Å². The van der Waals surface area contributed by atoms with E-state index in [9.17, 15) is 20.1 Å². The number of nitro groups is 1. The minimum atomic E-state index is -0.754. The van der Waals surface area contributed by atoms with Gasteiger partial charge >= 0.3 is 11.7 Å². The van der Waals surface area contributed by atoms with Crippen molar-refractivity contribution in [2.75, 3.05) is 6.61 Å². The molecule has 0 amide bonds. The van der Waals surface area contributed by atoms with E-state index in [1.54, 1.807) is 6.92 Å². The number of esters is 1. The number of carbonyl (C=O) groups excluding carboxylic acids is 1. The van der Waals surface area contributed by atoms with Crippen molar-refractivity contribution in [2.24, 2.45) is 0 Å². The number of pyridine rings is 1. The van der Waals surface area contributed by atoms with E-state index in [4.69, 9.17) is 0 Å². The molecule has 1 heterocycles. The van der Waals surface area contributed by atoms with Gasteiger partial charge in [-0.3, -0.25) is 10.1 Å². The third-order valence-corrected chi connectivity index (χ3v) is 1.96. The molecule has 0 atom stereocenters. The van der Waals surface area contributed by atoms with Crippen LogP contribution in [0.3, 0.4) is 0 Å². The van der Waals surface area contributed by atoms with Crippen molar-refractivity contribution in [2.45, 2.75) is 13.8 Å². The smallest absolute Gasteiger partial charge is 0.344 e. The second kappa shape index (κ2) is 4.56. The van der Waals surface area contributed by atoms with Gasteiger partial charge in [0.15, 0.2) is 6.20 Å². The van der Waals surface area contributed by atoms with Crippen LogP contribution in [0.2, 0.25) is 0 Å². The lowest BCUT2D eigenvalue weighted by Gasteiger charge is -2.04. The number of hydrogen-bond donors (Lipinski definition) is 0. The Labute approximate surface area is 91.0 Å². The standard InChI is InChI=1S/C9H10N2O5/c1-3-16-9(12)7-4-8(11(14)15)6(2)10(13)5-7/h4-5H,3H2,1-2H3. The molecule has 7 nitrogen and oxygen atoms in total. The van der Waals surface area contributed by atoms with Crippen molar-refractivity contribution < 1.29 is 19.2 Å². The summed E-state index contributed by atoms with van der Waals surface area (Å²) in [5, 5.41) is 21.9. The highest BCUT2D eigenvalue weighted by Gasteiger charge is 2.23. The second-order valence-electron chi connectivity index (χ2n) is 3.00. The molecule has 0 saturated carbocycles. The SMILES string of the molecule is CCOC(=O)c1cc([N+](=O)[O-])c(C)[n+]([O-])c1. The average molecular weight is 226 g/mol. The maximum Gasteiger partial charge on any atom is 0.344 e. The molecule has 86 valence electrons. The molecule has 0 aliphatic heterocycles. The molecule has 0 aliphatic rings. The number of nitrogens with zero attached hydrogens (tertiary/aromatic N) is 2. The van der Waals surface area contributed by atoms with Crippen LogP contribution in [0, 0.1) is 22.2 Å². The highest BCUT2D eigenvalue weighted by molar-refractivity contribution is 5.89. The molecule has 0 aliphatic carbocycles. The van der Waals surface area contributed by atoms with E-state index in [1.807, 2.05) is 0 Å². The summed E-state index contributed by atoms with van der Waals surface area (Å²) in [7, 11) is 0. The topological polar surface area (TPSA) is 96.4 Å². The highest BCUT2D eigenvalue weighted by Crippen LogP contribution is 2.15. The molecule has 0 fully saturated rings. The number of hydrogen-bond acceptors (Lipinski definition) is 5. The van der Waals surface area contributed by atoms with Gasteiger partial charge in [0.05, 0.1) is 11.5 Å². The summed E-state index contributed by atoms with van der Waals surface area (Å²) in [4.78, 5) is 21.2. The molecule has 0 saturated heterocycles. The van der Waals surface area contributed by atoms with Crippen LogP contribution in [0.1, 0.15) is 23.0 Å². The largest absolute Gasteiger partial charge is 0.618 e. The van der Waals surface area contributed by atoms with Gasteiger partial charge in [-0.15, -0.1) is 0 Å². The van der Waals surface area contributed by atoms with Gasteiger partial charge in [-0.05, 0) is 6.92 Å². The van der Waals surface area contributed by atoms with Gasteiger partial charge in [-0.2, -0.15) is 4.73 Å². The summed E-state index contributed by atoms with van der Waals surface area (Å²) in [6.07, 6.45) is 0.959. The first-order valence-electron chi connectivity index (χ1n) is 4.52. The lowest BCUT2D eigenvalue weighted by Crippen LogP contribution is -2.32. The Morgan fingerprint density at radius 3 is 2.75 bits per heavy atom. The molecule has 0 aromatic carbocycles. The maximum atomic E-state index is 11.3.